The van der Waals surface area contributed by atoms with Crippen LogP contribution in [0.15, 0.2) is 67.0 Å². The zero-order valence-electron chi connectivity index (χ0n) is 17.0. The number of benzene rings is 2. The monoisotopic (exact) mass is 407 g/mol. The van der Waals surface area contributed by atoms with E-state index in [2.05, 4.69) is 27.3 Å². The van der Waals surface area contributed by atoms with Crippen molar-refractivity contribution in [3.05, 3.63) is 83.9 Å². The third-order valence-electron chi connectivity index (χ3n) is 5.49. The van der Waals surface area contributed by atoms with Gasteiger partial charge in [-0.05, 0) is 24.7 Å². The molecule has 1 aromatic heterocycles. The number of piperazine rings is 1. The number of amides is 1. The van der Waals surface area contributed by atoms with Gasteiger partial charge in [-0.1, -0.05) is 42.5 Å². The van der Waals surface area contributed by atoms with Gasteiger partial charge in [-0.15, -0.1) is 0 Å². The Kier molecular flexibility index (Phi) is 6.21. The van der Waals surface area contributed by atoms with Crippen LogP contribution in [0.2, 0.25) is 0 Å². The van der Waals surface area contributed by atoms with E-state index in [-0.39, 0.29) is 17.8 Å². The van der Waals surface area contributed by atoms with Crippen molar-refractivity contribution in [2.75, 3.05) is 39.8 Å². The van der Waals surface area contributed by atoms with E-state index in [1.807, 2.05) is 30.3 Å². The molecular weight excluding hydrogens is 381 g/mol. The zero-order valence-corrected chi connectivity index (χ0v) is 17.0. The first-order valence-corrected chi connectivity index (χ1v) is 10.2. The number of likely N-dealkylation sites (N-methyl/N-ethyl adjacent to an activating group) is 1. The van der Waals surface area contributed by atoms with Gasteiger partial charge in [-0.3, -0.25) is 9.69 Å². The third-order valence-corrected chi connectivity index (χ3v) is 5.49. The van der Waals surface area contributed by atoms with E-state index in [4.69, 9.17) is 0 Å². The summed E-state index contributed by atoms with van der Waals surface area (Å²) in [6.45, 7) is 4.72. The fourth-order valence-electron chi connectivity index (χ4n) is 3.66. The minimum Gasteiger partial charge on any atom is -0.344 e. The first-order valence-electron chi connectivity index (χ1n) is 10.2. The number of para-hydroxylation sites is 1. The predicted molar refractivity (Wildman–Crippen MR) is 114 cm³/mol. The maximum absolute atomic E-state index is 14.0. The van der Waals surface area contributed by atoms with Gasteiger partial charge in [-0.25, -0.2) is 9.07 Å². The van der Waals surface area contributed by atoms with Gasteiger partial charge < -0.3 is 10.2 Å². The van der Waals surface area contributed by atoms with Crippen molar-refractivity contribution in [2.24, 2.45) is 0 Å². The third kappa shape index (κ3) is 4.75. The number of carbonyl (C=O) groups excluding carboxylic acids is 1. The summed E-state index contributed by atoms with van der Waals surface area (Å²) in [6.07, 6.45) is 3.03. The highest BCUT2D eigenvalue weighted by atomic mass is 19.1. The lowest BCUT2D eigenvalue weighted by Gasteiger charge is -2.35. The van der Waals surface area contributed by atoms with Crippen LogP contribution in [-0.2, 0) is 0 Å². The van der Waals surface area contributed by atoms with E-state index in [0.717, 1.165) is 38.3 Å². The van der Waals surface area contributed by atoms with E-state index in [1.54, 1.807) is 24.4 Å². The molecule has 6 nitrogen and oxygen atoms in total. The highest BCUT2D eigenvalue weighted by molar-refractivity contribution is 5.94. The number of rotatable bonds is 6. The lowest BCUT2D eigenvalue weighted by molar-refractivity contribution is 0.0907. The average Bonchev–Trinajstić information content (AvgIpc) is 3.26. The second kappa shape index (κ2) is 9.19. The van der Waals surface area contributed by atoms with Gasteiger partial charge in [0.1, 0.15) is 11.5 Å². The molecule has 0 aliphatic carbocycles. The molecule has 156 valence electrons. The van der Waals surface area contributed by atoms with Crippen molar-refractivity contribution in [3.8, 4) is 5.69 Å². The first kappa shape index (κ1) is 20.3. The molecule has 7 heteroatoms. The molecule has 1 unspecified atom stereocenters. The molecule has 0 radical (unpaired) electrons. The number of halogens is 1. The molecule has 0 saturated carbocycles. The maximum Gasteiger partial charge on any atom is 0.255 e. The average molecular weight is 407 g/mol. The fourth-order valence-corrected chi connectivity index (χ4v) is 3.66. The van der Waals surface area contributed by atoms with Crippen LogP contribution in [-0.4, -0.2) is 65.3 Å². The molecule has 1 aliphatic heterocycles. The molecule has 1 atom stereocenters. The molecule has 3 aromatic rings. The second-order valence-corrected chi connectivity index (χ2v) is 7.67. The minimum absolute atomic E-state index is 0.140. The standard InChI is InChI=1S/C23H26FN5O/c1-27-11-13-28(14-12-27)17-21(18-7-3-2-4-8-18)26-23(30)19-15-25-29(16-19)22-10-6-5-9-20(22)24/h2-10,15-16,21H,11-14,17H2,1H3,(H,26,30). The first-order chi connectivity index (χ1) is 14.6. The fraction of sp³-hybridized carbons (Fsp3) is 0.304. The number of hydrogen-bond acceptors (Lipinski definition) is 4. The van der Waals surface area contributed by atoms with Crippen LogP contribution in [0.4, 0.5) is 4.39 Å². The summed E-state index contributed by atoms with van der Waals surface area (Å²) >= 11 is 0. The lowest BCUT2D eigenvalue weighted by atomic mass is 10.1. The van der Waals surface area contributed by atoms with E-state index in [1.165, 1.54) is 16.9 Å². The van der Waals surface area contributed by atoms with Crippen LogP contribution < -0.4 is 5.32 Å². The largest absolute Gasteiger partial charge is 0.344 e. The molecular formula is C23H26FN5O. The van der Waals surface area contributed by atoms with Crippen LogP contribution in [0.5, 0.6) is 0 Å². The van der Waals surface area contributed by atoms with Gasteiger partial charge in [0.05, 0.1) is 17.8 Å². The molecule has 2 aromatic carbocycles. The van der Waals surface area contributed by atoms with Gasteiger partial charge in [0, 0.05) is 38.9 Å². The van der Waals surface area contributed by atoms with Crippen LogP contribution >= 0.6 is 0 Å². The molecule has 1 fully saturated rings. The van der Waals surface area contributed by atoms with Crippen molar-refractivity contribution in [1.82, 2.24) is 24.9 Å². The summed E-state index contributed by atoms with van der Waals surface area (Å²) in [7, 11) is 2.13. The molecule has 30 heavy (non-hydrogen) atoms. The molecule has 1 N–H and O–H groups in total. The molecule has 0 bridgehead atoms. The van der Waals surface area contributed by atoms with Crippen molar-refractivity contribution in [3.63, 3.8) is 0 Å². The van der Waals surface area contributed by atoms with Gasteiger partial charge in [0.15, 0.2) is 0 Å². The van der Waals surface area contributed by atoms with Crippen molar-refractivity contribution in [1.29, 1.82) is 0 Å². The van der Waals surface area contributed by atoms with Crippen molar-refractivity contribution < 1.29 is 9.18 Å². The van der Waals surface area contributed by atoms with E-state index >= 15 is 0 Å². The highest BCUT2D eigenvalue weighted by Gasteiger charge is 2.22. The quantitative estimate of drug-likeness (QED) is 0.683. The lowest BCUT2D eigenvalue weighted by Crippen LogP contribution is -2.47. The Labute approximate surface area is 175 Å². The van der Waals surface area contributed by atoms with E-state index < -0.39 is 0 Å². The van der Waals surface area contributed by atoms with Crippen LogP contribution in [0.25, 0.3) is 5.69 Å². The Hall–Kier alpha value is -3.03. The molecule has 1 amide bonds. The second-order valence-electron chi connectivity index (χ2n) is 7.67. The van der Waals surface area contributed by atoms with E-state index in [9.17, 15) is 9.18 Å². The molecule has 1 saturated heterocycles. The number of carbonyl (C=O) groups is 1. The number of nitrogens with zero attached hydrogens (tertiary/aromatic N) is 4. The van der Waals surface area contributed by atoms with Crippen molar-refractivity contribution in [2.45, 2.75) is 6.04 Å². The number of hydrogen-bond donors (Lipinski definition) is 1. The van der Waals surface area contributed by atoms with Crippen LogP contribution in [0.3, 0.4) is 0 Å². The van der Waals surface area contributed by atoms with E-state index in [0.29, 0.717) is 11.3 Å². The zero-order chi connectivity index (χ0) is 20.9. The Morgan fingerprint density at radius 2 is 1.77 bits per heavy atom. The normalized spacial score (nSPS) is 16.3. The van der Waals surface area contributed by atoms with Gasteiger partial charge in [0.25, 0.3) is 5.91 Å². The van der Waals surface area contributed by atoms with Gasteiger partial charge >= 0.3 is 0 Å². The van der Waals surface area contributed by atoms with Gasteiger partial charge in [-0.2, -0.15) is 5.10 Å². The Morgan fingerprint density at radius 3 is 2.50 bits per heavy atom. The van der Waals surface area contributed by atoms with Crippen LogP contribution in [0, 0.1) is 5.82 Å². The predicted octanol–water partition coefficient (Wildman–Crippen LogP) is 2.73. The Balaban J connectivity index is 1.50. The summed E-state index contributed by atoms with van der Waals surface area (Å²) < 4.78 is 15.4. The van der Waals surface area contributed by atoms with Gasteiger partial charge in [0.2, 0.25) is 0 Å². The molecule has 2 heterocycles. The topological polar surface area (TPSA) is 53.4 Å². The van der Waals surface area contributed by atoms with Crippen molar-refractivity contribution >= 4 is 5.91 Å². The Morgan fingerprint density at radius 1 is 1.07 bits per heavy atom. The highest BCUT2D eigenvalue weighted by Crippen LogP contribution is 2.17. The molecule has 0 spiro atoms. The number of nitrogens with one attached hydrogen (secondary N) is 1. The smallest absolute Gasteiger partial charge is 0.255 e. The summed E-state index contributed by atoms with van der Waals surface area (Å²) in [5.74, 6) is -0.606. The SMILES string of the molecule is CN1CCN(CC(NC(=O)c2cnn(-c3ccccc3F)c2)c2ccccc2)CC1. The summed E-state index contributed by atoms with van der Waals surface area (Å²) in [4.78, 5) is 17.7. The van der Waals surface area contributed by atoms with Crippen LogP contribution in [0.1, 0.15) is 22.0 Å². The summed E-state index contributed by atoms with van der Waals surface area (Å²) in [5.41, 5.74) is 1.78. The summed E-state index contributed by atoms with van der Waals surface area (Å²) in [6, 6.07) is 16.2. The molecule has 4 rings (SSSR count). The minimum atomic E-state index is -0.384. The number of aromatic nitrogens is 2. The maximum atomic E-state index is 14.0. The molecule has 1 aliphatic rings. The summed E-state index contributed by atoms with van der Waals surface area (Å²) in [5, 5.41) is 7.32. The Bertz CT molecular complexity index is 982.